The summed E-state index contributed by atoms with van der Waals surface area (Å²) in [6.45, 7) is 2.91. The van der Waals surface area contributed by atoms with Crippen molar-refractivity contribution < 1.29 is 13.2 Å². The Bertz CT molecular complexity index is 1530. The van der Waals surface area contributed by atoms with Crippen molar-refractivity contribution in [3.8, 4) is 17.1 Å². The predicted octanol–water partition coefficient (Wildman–Crippen LogP) is 3.81. The Morgan fingerprint density at radius 1 is 1.16 bits per heavy atom. The zero-order valence-electron chi connectivity index (χ0n) is 20.1. The second kappa shape index (κ2) is 9.71. The van der Waals surface area contributed by atoms with Crippen LogP contribution in [-0.2, 0) is 9.84 Å². The van der Waals surface area contributed by atoms with Crippen LogP contribution < -0.4 is 15.4 Å². The van der Waals surface area contributed by atoms with E-state index in [1.807, 2.05) is 42.2 Å². The molecule has 13 heteroatoms. The fourth-order valence-electron chi connectivity index (χ4n) is 4.38. The molecule has 0 bridgehead atoms. The molecule has 1 atom stereocenters. The molecular weight excluding hydrogens is 537 g/mol. The number of aromatic nitrogens is 5. The van der Waals surface area contributed by atoms with Gasteiger partial charge in [-0.25, -0.2) is 8.42 Å². The van der Waals surface area contributed by atoms with E-state index in [-0.39, 0.29) is 5.75 Å². The van der Waals surface area contributed by atoms with E-state index >= 15 is 0 Å². The summed E-state index contributed by atoms with van der Waals surface area (Å²) in [5, 5.41) is 17.9. The Labute approximate surface area is 224 Å². The number of benzene rings is 1. The van der Waals surface area contributed by atoms with Gasteiger partial charge in [-0.1, -0.05) is 23.2 Å². The Balaban J connectivity index is 1.31. The van der Waals surface area contributed by atoms with E-state index in [1.165, 1.54) is 18.6 Å². The average molecular weight is 562 g/mol. The van der Waals surface area contributed by atoms with Gasteiger partial charge in [0.25, 0.3) is 0 Å². The molecule has 194 valence electrons. The first-order chi connectivity index (χ1) is 17.5. The van der Waals surface area contributed by atoms with Crippen LogP contribution in [0.2, 0.25) is 10.0 Å². The molecule has 0 aliphatic carbocycles. The number of nitrogens with one attached hydrogen (secondary N) is 1. The zero-order chi connectivity index (χ0) is 26.4. The van der Waals surface area contributed by atoms with Crippen LogP contribution in [0.5, 0.6) is 5.75 Å². The molecule has 0 saturated carbocycles. The summed E-state index contributed by atoms with van der Waals surface area (Å²) >= 11 is 12.6. The SMILES string of the molecule is C[C@@H](Oc1ccc2[nH]nc(-c3ccc(N4CC(N)(CCS(C)(=O)=O)C4)nn3)c2c1)c1c(Cl)cncc1Cl. The van der Waals surface area contributed by atoms with Gasteiger partial charge in [-0.15, -0.1) is 10.2 Å². The molecule has 0 radical (unpaired) electrons. The molecular formula is C24H25Cl2N7O3S. The number of nitrogens with zero attached hydrogens (tertiary/aromatic N) is 5. The van der Waals surface area contributed by atoms with Crippen LogP contribution in [0, 0.1) is 0 Å². The lowest BCUT2D eigenvalue weighted by Crippen LogP contribution is -2.68. The van der Waals surface area contributed by atoms with Gasteiger partial charge in [0.1, 0.15) is 33.1 Å². The van der Waals surface area contributed by atoms with Gasteiger partial charge in [0.15, 0.2) is 5.82 Å². The number of hydrogen-bond acceptors (Lipinski definition) is 9. The minimum absolute atomic E-state index is 0.0707. The number of sulfone groups is 1. The number of ether oxygens (including phenoxy) is 1. The summed E-state index contributed by atoms with van der Waals surface area (Å²) in [6, 6.07) is 9.30. The van der Waals surface area contributed by atoms with E-state index < -0.39 is 21.5 Å². The maximum absolute atomic E-state index is 11.5. The zero-order valence-corrected chi connectivity index (χ0v) is 22.5. The van der Waals surface area contributed by atoms with Crippen LogP contribution in [-0.4, -0.2) is 64.4 Å². The molecule has 1 aliphatic heterocycles. The van der Waals surface area contributed by atoms with Gasteiger partial charge in [-0.2, -0.15) is 5.10 Å². The standard InChI is InChI=1S/C24H25Cl2N7O3S/c1-14(22-17(25)10-28-11-18(22)26)36-15-3-4-19-16(9-15)23(32-29-19)20-5-6-21(31-30-20)33-12-24(27,13-33)7-8-37(2,34)35/h3-6,9-11,14H,7-8,12-13,27H2,1-2H3,(H,29,32)/t14-/m1/s1. The first-order valence-corrected chi connectivity index (χ1v) is 14.3. The highest BCUT2D eigenvalue weighted by Crippen LogP contribution is 2.35. The first kappa shape index (κ1) is 25.7. The number of nitrogens with two attached hydrogens (primary N) is 1. The molecule has 1 fully saturated rings. The van der Waals surface area contributed by atoms with Gasteiger partial charge in [-0.3, -0.25) is 10.1 Å². The first-order valence-electron chi connectivity index (χ1n) is 11.5. The number of anilines is 1. The third kappa shape index (κ3) is 5.49. The molecule has 1 saturated heterocycles. The average Bonchev–Trinajstić information content (AvgIpc) is 3.24. The Kier molecular flexibility index (Phi) is 6.73. The van der Waals surface area contributed by atoms with Crippen LogP contribution >= 0.6 is 23.2 Å². The van der Waals surface area contributed by atoms with Crippen molar-refractivity contribution in [1.82, 2.24) is 25.4 Å². The number of halogens is 2. The van der Waals surface area contributed by atoms with Crippen molar-refractivity contribution in [2.75, 3.05) is 30.0 Å². The fourth-order valence-corrected chi connectivity index (χ4v) is 5.83. The molecule has 37 heavy (non-hydrogen) atoms. The maximum atomic E-state index is 11.5. The summed E-state index contributed by atoms with van der Waals surface area (Å²) in [5.41, 5.74) is 8.48. The van der Waals surface area contributed by atoms with E-state index in [4.69, 9.17) is 33.7 Å². The summed E-state index contributed by atoms with van der Waals surface area (Å²) in [7, 11) is -3.05. The molecule has 3 N–H and O–H groups in total. The van der Waals surface area contributed by atoms with Crippen LogP contribution in [0.25, 0.3) is 22.3 Å². The normalized spacial score (nSPS) is 16.0. The molecule has 4 aromatic rings. The van der Waals surface area contributed by atoms with Crippen LogP contribution in [0.1, 0.15) is 25.0 Å². The lowest BCUT2D eigenvalue weighted by atomic mass is 9.88. The maximum Gasteiger partial charge on any atom is 0.151 e. The fraction of sp³-hybridized carbons (Fsp3) is 0.333. The largest absolute Gasteiger partial charge is 0.486 e. The third-order valence-corrected chi connectivity index (χ3v) is 7.89. The minimum Gasteiger partial charge on any atom is -0.486 e. The number of rotatable bonds is 8. The highest BCUT2D eigenvalue weighted by Gasteiger charge is 2.40. The topological polar surface area (TPSA) is 140 Å². The van der Waals surface area contributed by atoms with E-state index in [0.717, 1.165) is 10.9 Å². The molecule has 5 rings (SSSR count). The number of aromatic amines is 1. The van der Waals surface area contributed by atoms with Crippen LogP contribution in [0.15, 0.2) is 42.7 Å². The van der Waals surface area contributed by atoms with Gasteiger partial charge in [0, 0.05) is 42.7 Å². The van der Waals surface area contributed by atoms with E-state index in [0.29, 0.717) is 58.1 Å². The molecule has 1 aliphatic rings. The highest BCUT2D eigenvalue weighted by atomic mass is 35.5. The lowest BCUT2D eigenvalue weighted by molar-refractivity contribution is 0.227. The van der Waals surface area contributed by atoms with Crippen LogP contribution in [0.3, 0.4) is 0 Å². The Morgan fingerprint density at radius 2 is 1.89 bits per heavy atom. The van der Waals surface area contributed by atoms with Crippen molar-refractivity contribution in [3.05, 3.63) is 58.3 Å². The van der Waals surface area contributed by atoms with Crippen molar-refractivity contribution in [2.24, 2.45) is 5.73 Å². The smallest absolute Gasteiger partial charge is 0.151 e. The van der Waals surface area contributed by atoms with E-state index in [2.05, 4.69) is 25.4 Å². The summed E-state index contributed by atoms with van der Waals surface area (Å²) in [6.07, 6.45) is 4.29. The molecule has 0 spiro atoms. The van der Waals surface area contributed by atoms with Gasteiger partial charge in [-0.05, 0) is 43.7 Å². The second-order valence-corrected chi connectivity index (χ2v) is 12.5. The molecule has 0 amide bonds. The molecule has 3 aromatic heterocycles. The number of H-pyrrole nitrogens is 1. The van der Waals surface area contributed by atoms with Crippen molar-refractivity contribution in [2.45, 2.75) is 25.0 Å². The summed E-state index contributed by atoms with van der Waals surface area (Å²) in [5.74, 6) is 1.36. The molecule has 1 aromatic carbocycles. The Morgan fingerprint density at radius 3 is 2.54 bits per heavy atom. The van der Waals surface area contributed by atoms with Crippen molar-refractivity contribution in [1.29, 1.82) is 0 Å². The number of pyridine rings is 1. The molecule has 10 nitrogen and oxygen atoms in total. The van der Waals surface area contributed by atoms with Crippen molar-refractivity contribution >= 4 is 49.8 Å². The van der Waals surface area contributed by atoms with Gasteiger partial charge >= 0.3 is 0 Å². The lowest BCUT2D eigenvalue weighted by Gasteiger charge is -2.48. The summed E-state index contributed by atoms with van der Waals surface area (Å²) < 4.78 is 29.0. The van der Waals surface area contributed by atoms with Crippen molar-refractivity contribution in [3.63, 3.8) is 0 Å². The monoisotopic (exact) mass is 561 g/mol. The summed E-state index contributed by atoms with van der Waals surface area (Å²) in [4.78, 5) is 5.96. The van der Waals surface area contributed by atoms with Gasteiger partial charge in [0.05, 0.1) is 26.9 Å². The predicted molar refractivity (Wildman–Crippen MR) is 144 cm³/mol. The van der Waals surface area contributed by atoms with E-state index in [9.17, 15) is 8.42 Å². The second-order valence-electron chi connectivity index (χ2n) is 9.43. The number of hydrogen-bond donors (Lipinski definition) is 2. The third-order valence-electron chi connectivity index (χ3n) is 6.34. The highest BCUT2D eigenvalue weighted by molar-refractivity contribution is 7.90. The molecule has 4 heterocycles. The number of fused-ring (bicyclic) bond motifs is 1. The quantitative estimate of drug-likeness (QED) is 0.328. The minimum atomic E-state index is -3.05. The van der Waals surface area contributed by atoms with Gasteiger partial charge < -0.3 is 15.4 Å². The Hall–Kier alpha value is -2.99. The van der Waals surface area contributed by atoms with Gasteiger partial charge in [0.2, 0.25) is 0 Å². The van der Waals surface area contributed by atoms with E-state index in [1.54, 1.807) is 0 Å². The van der Waals surface area contributed by atoms with Crippen LogP contribution in [0.4, 0.5) is 5.82 Å². The molecule has 0 unspecified atom stereocenters.